The van der Waals surface area contributed by atoms with Gasteiger partial charge in [-0.25, -0.2) is 0 Å². The number of rotatable bonds is 2. The molecule has 0 unspecified atom stereocenters. The third-order valence-electron chi connectivity index (χ3n) is 1.64. The lowest BCUT2D eigenvalue weighted by molar-refractivity contribution is 0.515. The molecule has 0 aromatic heterocycles. The largest absolute Gasteiger partial charge is 0.0874 e. The van der Waals surface area contributed by atoms with Gasteiger partial charge in [-0.15, -0.1) is 0 Å². The third-order valence-corrected chi connectivity index (χ3v) is 1.64. The van der Waals surface area contributed by atoms with E-state index in [1.807, 2.05) is 0 Å². The van der Waals surface area contributed by atoms with Gasteiger partial charge < -0.3 is 0 Å². The zero-order chi connectivity index (χ0) is 8.91. The normalized spacial score (nSPS) is 14.5. The van der Waals surface area contributed by atoms with Crippen LogP contribution in [0.2, 0.25) is 0 Å². The monoisotopic (exact) mass is 152 g/mol. The van der Waals surface area contributed by atoms with E-state index in [1.54, 1.807) is 0 Å². The van der Waals surface area contributed by atoms with E-state index in [9.17, 15) is 0 Å². The van der Waals surface area contributed by atoms with Crippen LogP contribution in [0.4, 0.5) is 0 Å². The van der Waals surface area contributed by atoms with Crippen molar-refractivity contribution in [3.05, 3.63) is 23.8 Å². The zero-order valence-corrected chi connectivity index (χ0v) is 8.44. The molecule has 0 aromatic rings. The predicted molar refractivity (Wildman–Crippen MR) is 52.6 cm³/mol. The summed E-state index contributed by atoms with van der Waals surface area (Å²) in [6.45, 7) is 11.0. The summed E-state index contributed by atoms with van der Waals surface area (Å²) in [5.74, 6) is 0. The van der Waals surface area contributed by atoms with Crippen LogP contribution < -0.4 is 0 Å². The van der Waals surface area contributed by atoms with Crippen molar-refractivity contribution in [3.8, 4) is 0 Å². The van der Waals surface area contributed by atoms with Gasteiger partial charge in [0.05, 0.1) is 0 Å². The molecule has 0 aliphatic carbocycles. The van der Waals surface area contributed by atoms with Crippen molar-refractivity contribution in [2.45, 2.75) is 41.0 Å². The highest BCUT2D eigenvalue weighted by atomic mass is 14.2. The van der Waals surface area contributed by atoms with E-state index in [-0.39, 0.29) is 0 Å². The quantitative estimate of drug-likeness (QED) is 0.526. The van der Waals surface area contributed by atoms with Crippen LogP contribution in [0.1, 0.15) is 41.0 Å². The topological polar surface area (TPSA) is 0 Å². The van der Waals surface area contributed by atoms with Crippen molar-refractivity contribution < 1.29 is 0 Å². The summed E-state index contributed by atoms with van der Waals surface area (Å²) < 4.78 is 0. The van der Waals surface area contributed by atoms with E-state index < -0.39 is 0 Å². The van der Waals surface area contributed by atoms with Crippen molar-refractivity contribution in [1.29, 1.82) is 0 Å². The molecule has 64 valence electrons. The lowest BCUT2D eigenvalue weighted by atomic mass is 9.85. The van der Waals surface area contributed by atoms with Gasteiger partial charge in [0.1, 0.15) is 0 Å². The molecule has 0 fully saturated rings. The van der Waals surface area contributed by atoms with Crippen LogP contribution in [0.25, 0.3) is 0 Å². The summed E-state index contributed by atoms with van der Waals surface area (Å²) in [4.78, 5) is 0. The van der Waals surface area contributed by atoms with Gasteiger partial charge in [0.2, 0.25) is 0 Å². The summed E-state index contributed by atoms with van der Waals surface area (Å²) in [5, 5.41) is 0. The van der Waals surface area contributed by atoms with Crippen molar-refractivity contribution in [1.82, 2.24) is 0 Å². The maximum Gasteiger partial charge on any atom is -0.0135 e. The van der Waals surface area contributed by atoms with Crippen molar-refractivity contribution in [2.24, 2.45) is 5.41 Å². The second-order valence-corrected chi connectivity index (χ2v) is 3.82. The van der Waals surface area contributed by atoms with E-state index in [1.165, 1.54) is 5.57 Å². The predicted octanol–water partition coefficient (Wildman–Crippen LogP) is 3.95. The molecule has 0 N–H and O–H groups in total. The molecule has 0 aliphatic heterocycles. The molecular weight excluding hydrogens is 132 g/mol. The van der Waals surface area contributed by atoms with Crippen LogP contribution in [0.15, 0.2) is 23.8 Å². The van der Waals surface area contributed by atoms with E-state index in [0.29, 0.717) is 5.41 Å². The van der Waals surface area contributed by atoms with E-state index in [2.05, 4.69) is 52.8 Å². The summed E-state index contributed by atoms with van der Waals surface area (Å²) in [7, 11) is 0. The lowest BCUT2D eigenvalue weighted by Gasteiger charge is -2.20. The second kappa shape index (κ2) is 4.38. The minimum Gasteiger partial charge on any atom is -0.0874 e. The Labute approximate surface area is 71.0 Å². The second-order valence-electron chi connectivity index (χ2n) is 3.82. The molecule has 0 nitrogen and oxygen atoms in total. The molecule has 0 atom stereocenters. The van der Waals surface area contributed by atoms with Gasteiger partial charge in [-0.2, -0.15) is 0 Å². The Hall–Kier alpha value is -0.520. The van der Waals surface area contributed by atoms with Crippen LogP contribution in [0, 0.1) is 5.41 Å². The lowest BCUT2D eigenvalue weighted by Crippen LogP contribution is -2.07. The Bertz CT molecular complexity index is 153. The number of allylic oxidation sites excluding steroid dienone is 4. The molecular formula is C11H20. The fourth-order valence-electron chi connectivity index (χ4n) is 1.02. The smallest absolute Gasteiger partial charge is 0.0135 e. The van der Waals surface area contributed by atoms with Crippen LogP contribution >= 0.6 is 0 Å². The SMILES string of the molecule is C/C=C\C(=C/CC)C(C)(C)C. The molecule has 11 heavy (non-hydrogen) atoms. The highest BCUT2D eigenvalue weighted by Gasteiger charge is 2.12. The Kier molecular flexibility index (Phi) is 4.17. The Balaban J connectivity index is 4.48. The van der Waals surface area contributed by atoms with Crippen molar-refractivity contribution in [2.75, 3.05) is 0 Å². The highest BCUT2D eigenvalue weighted by Crippen LogP contribution is 2.26. The summed E-state index contributed by atoms with van der Waals surface area (Å²) in [6, 6.07) is 0. The average Bonchev–Trinajstić information content (AvgIpc) is 1.85. The van der Waals surface area contributed by atoms with E-state index in [4.69, 9.17) is 0 Å². The summed E-state index contributed by atoms with van der Waals surface area (Å²) in [6.07, 6.45) is 7.72. The highest BCUT2D eigenvalue weighted by molar-refractivity contribution is 5.23. The first-order chi connectivity index (χ1) is 5.02. The summed E-state index contributed by atoms with van der Waals surface area (Å²) >= 11 is 0. The first kappa shape index (κ1) is 10.5. The van der Waals surface area contributed by atoms with E-state index in [0.717, 1.165) is 6.42 Å². The number of hydrogen-bond donors (Lipinski definition) is 0. The molecule has 0 heteroatoms. The van der Waals surface area contributed by atoms with Gasteiger partial charge in [-0.05, 0) is 24.3 Å². The Morgan fingerprint density at radius 1 is 1.27 bits per heavy atom. The standard InChI is InChI=1S/C11H20/c1-6-8-10(9-7-2)11(3,4)5/h6,8-9H,7H2,1-5H3/b8-6-,10-9+. The fourth-order valence-corrected chi connectivity index (χ4v) is 1.02. The van der Waals surface area contributed by atoms with Gasteiger partial charge in [-0.1, -0.05) is 45.9 Å². The molecule has 0 spiro atoms. The fraction of sp³-hybridized carbons (Fsp3) is 0.636. The maximum absolute atomic E-state index is 2.29. The number of hydrogen-bond acceptors (Lipinski definition) is 0. The molecule has 0 amide bonds. The molecule has 0 bridgehead atoms. The Morgan fingerprint density at radius 3 is 2.09 bits per heavy atom. The average molecular weight is 152 g/mol. The molecule has 0 rings (SSSR count). The van der Waals surface area contributed by atoms with Gasteiger partial charge >= 0.3 is 0 Å². The van der Waals surface area contributed by atoms with Crippen molar-refractivity contribution >= 4 is 0 Å². The van der Waals surface area contributed by atoms with E-state index >= 15 is 0 Å². The molecule has 0 aliphatic rings. The van der Waals surface area contributed by atoms with Crippen LogP contribution in [0.5, 0.6) is 0 Å². The minimum atomic E-state index is 0.294. The van der Waals surface area contributed by atoms with Gasteiger partial charge in [-0.3, -0.25) is 0 Å². The summed E-state index contributed by atoms with van der Waals surface area (Å²) in [5.41, 5.74) is 1.73. The molecule has 0 aromatic carbocycles. The van der Waals surface area contributed by atoms with Crippen LogP contribution in [0.3, 0.4) is 0 Å². The molecule has 0 heterocycles. The minimum absolute atomic E-state index is 0.294. The first-order valence-corrected chi connectivity index (χ1v) is 4.35. The maximum atomic E-state index is 2.29. The van der Waals surface area contributed by atoms with Crippen molar-refractivity contribution in [3.63, 3.8) is 0 Å². The molecule has 0 saturated carbocycles. The van der Waals surface area contributed by atoms with Gasteiger partial charge in [0, 0.05) is 0 Å². The van der Waals surface area contributed by atoms with Gasteiger partial charge in [0.15, 0.2) is 0 Å². The molecule has 0 radical (unpaired) electrons. The molecule has 0 saturated heterocycles. The third kappa shape index (κ3) is 4.02. The Morgan fingerprint density at radius 2 is 1.82 bits per heavy atom. The first-order valence-electron chi connectivity index (χ1n) is 4.35. The zero-order valence-electron chi connectivity index (χ0n) is 8.44. The van der Waals surface area contributed by atoms with Gasteiger partial charge in [0.25, 0.3) is 0 Å². The van der Waals surface area contributed by atoms with Crippen LogP contribution in [-0.4, -0.2) is 0 Å². The van der Waals surface area contributed by atoms with Crippen LogP contribution in [-0.2, 0) is 0 Å².